The van der Waals surface area contributed by atoms with Gasteiger partial charge in [0.2, 0.25) is 0 Å². The van der Waals surface area contributed by atoms with E-state index in [0.717, 1.165) is 0 Å². The molecule has 0 saturated heterocycles. The van der Waals surface area contributed by atoms with Crippen LogP contribution in [-0.2, 0) is 4.79 Å². The minimum absolute atomic E-state index is 0.205. The van der Waals surface area contributed by atoms with E-state index in [1.165, 1.54) is 13.8 Å². The number of alkyl halides is 3. The van der Waals surface area contributed by atoms with Crippen LogP contribution in [0.4, 0.5) is 13.2 Å². The van der Waals surface area contributed by atoms with Crippen LogP contribution < -0.4 is 0 Å². The third kappa shape index (κ3) is 2.71. The summed E-state index contributed by atoms with van der Waals surface area (Å²) in [6.45, 7) is 2.82. The average Bonchev–Trinajstić information content (AvgIpc) is 1.83. The molecule has 72 valence electrons. The number of rotatable bonds is 3. The molecule has 0 heterocycles. The van der Waals surface area contributed by atoms with E-state index in [2.05, 4.69) is 0 Å². The first-order valence-electron chi connectivity index (χ1n) is 3.60. The maximum atomic E-state index is 12.0. The van der Waals surface area contributed by atoms with Crippen LogP contribution in [0, 0.1) is 11.8 Å². The Morgan fingerprint density at radius 3 is 2.00 bits per heavy atom. The first-order valence-corrected chi connectivity index (χ1v) is 3.60. The lowest BCUT2D eigenvalue weighted by molar-refractivity contribution is -0.202. The van der Waals surface area contributed by atoms with E-state index in [1.807, 2.05) is 0 Å². The highest BCUT2D eigenvalue weighted by Gasteiger charge is 2.47. The molecular weight excluding hydrogens is 173 g/mol. The maximum Gasteiger partial charge on any atom is 0.402 e. The molecule has 0 amide bonds. The molecule has 0 spiro atoms. The SMILES string of the molecule is CCC(C)C(C(=O)O)C(F)(F)F. The zero-order chi connectivity index (χ0) is 9.94. The van der Waals surface area contributed by atoms with Crippen LogP contribution in [0.3, 0.4) is 0 Å². The van der Waals surface area contributed by atoms with E-state index in [9.17, 15) is 18.0 Å². The average molecular weight is 184 g/mol. The van der Waals surface area contributed by atoms with Gasteiger partial charge in [-0.1, -0.05) is 20.3 Å². The van der Waals surface area contributed by atoms with Crippen LogP contribution in [0.15, 0.2) is 0 Å². The zero-order valence-corrected chi connectivity index (χ0v) is 6.85. The van der Waals surface area contributed by atoms with Gasteiger partial charge in [0.15, 0.2) is 5.92 Å². The molecule has 0 aromatic heterocycles. The van der Waals surface area contributed by atoms with Crippen molar-refractivity contribution in [3.8, 4) is 0 Å². The van der Waals surface area contributed by atoms with E-state index in [1.54, 1.807) is 0 Å². The Morgan fingerprint density at radius 1 is 1.50 bits per heavy atom. The summed E-state index contributed by atoms with van der Waals surface area (Å²) in [5.74, 6) is -4.90. The van der Waals surface area contributed by atoms with E-state index < -0.39 is 24.0 Å². The Labute approximate surface area is 68.4 Å². The molecule has 0 aromatic rings. The molecule has 0 saturated carbocycles. The highest BCUT2D eigenvalue weighted by molar-refractivity contribution is 5.71. The minimum atomic E-state index is -4.64. The van der Waals surface area contributed by atoms with Crippen molar-refractivity contribution in [2.45, 2.75) is 26.4 Å². The quantitative estimate of drug-likeness (QED) is 0.730. The molecule has 0 fully saturated rings. The third-order valence-corrected chi connectivity index (χ3v) is 1.83. The molecule has 0 aliphatic heterocycles. The Kier molecular flexibility index (Phi) is 3.55. The third-order valence-electron chi connectivity index (χ3n) is 1.83. The van der Waals surface area contributed by atoms with Gasteiger partial charge in [-0.15, -0.1) is 0 Å². The maximum absolute atomic E-state index is 12.0. The van der Waals surface area contributed by atoms with E-state index in [-0.39, 0.29) is 6.42 Å². The Morgan fingerprint density at radius 2 is 1.92 bits per heavy atom. The van der Waals surface area contributed by atoms with Crippen molar-refractivity contribution < 1.29 is 23.1 Å². The molecule has 2 atom stereocenters. The van der Waals surface area contributed by atoms with Crippen molar-refractivity contribution in [3.05, 3.63) is 0 Å². The number of halogens is 3. The summed E-state index contributed by atoms with van der Waals surface area (Å²) in [6, 6.07) is 0. The van der Waals surface area contributed by atoms with Crippen LogP contribution in [0.25, 0.3) is 0 Å². The van der Waals surface area contributed by atoms with E-state index >= 15 is 0 Å². The van der Waals surface area contributed by atoms with Gasteiger partial charge in [0.1, 0.15) is 0 Å². The molecule has 0 rings (SSSR count). The lowest BCUT2D eigenvalue weighted by atomic mass is 9.91. The molecule has 2 nitrogen and oxygen atoms in total. The fraction of sp³-hybridized carbons (Fsp3) is 0.857. The summed E-state index contributed by atoms with van der Waals surface area (Å²) in [6.07, 6.45) is -4.43. The highest BCUT2D eigenvalue weighted by Crippen LogP contribution is 2.33. The van der Waals surface area contributed by atoms with Gasteiger partial charge in [-0.2, -0.15) is 13.2 Å². The molecule has 0 radical (unpaired) electrons. The molecular formula is C7H11F3O2. The number of hydrogen-bond acceptors (Lipinski definition) is 1. The van der Waals surface area contributed by atoms with Gasteiger partial charge in [-0.05, 0) is 5.92 Å². The van der Waals surface area contributed by atoms with Gasteiger partial charge in [0.25, 0.3) is 0 Å². The molecule has 0 bridgehead atoms. The second kappa shape index (κ2) is 3.78. The first-order chi connectivity index (χ1) is 5.30. The van der Waals surface area contributed by atoms with Crippen molar-refractivity contribution in [1.82, 2.24) is 0 Å². The van der Waals surface area contributed by atoms with Crippen molar-refractivity contribution in [3.63, 3.8) is 0 Å². The number of carboxylic acid groups (broad SMARTS) is 1. The second-order valence-corrected chi connectivity index (χ2v) is 2.74. The fourth-order valence-corrected chi connectivity index (χ4v) is 0.942. The molecule has 5 heteroatoms. The lowest BCUT2D eigenvalue weighted by Gasteiger charge is -2.21. The van der Waals surface area contributed by atoms with Crippen molar-refractivity contribution in [2.24, 2.45) is 11.8 Å². The molecule has 0 aliphatic carbocycles. The van der Waals surface area contributed by atoms with Crippen LogP contribution in [0.1, 0.15) is 20.3 Å². The van der Waals surface area contributed by atoms with Gasteiger partial charge < -0.3 is 5.11 Å². The van der Waals surface area contributed by atoms with Crippen LogP contribution in [-0.4, -0.2) is 17.3 Å². The van der Waals surface area contributed by atoms with Crippen molar-refractivity contribution in [2.75, 3.05) is 0 Å². The number of hydrogen-bond donors (Lipinski definition) is 1. The summed E-state index contributed by atoms with van der Waals surface area (Å²) in [5, 5.41) is 8.29. The van der Waals surface area contributed by atoms with Crippen molar-refractivity contribution >= 4 is 5.97 Å². The minimum Gasteiger partial charge on any atom is -0.481 e. The van der Waals surface area contributed by atoms with Crippen LogP contribution >= 0.6 is 0 Å². The topological polar surface area (TPSA) is 37.3 Å². The van der Waals surface area contributed by atoms with E-state index in [0.29, 0.717) is 0 Å². The largest absolute Gasteiger partial charge is 0.481 e. The van der Waals surface area contributed by atoms with Gasteiger partial charge in [0.05, 0.1) is 0 Å². The fourth-order valence-electron chi connectivity index (χ4n) is 0.942. The highest BCUT2D eigenvalue weighted by atomic mass is 19.4. The summed E-state index contributed by atoms with van der Waals surface area (Å²) in [7, 11) is 0. The Balaban J connectivity index is 4.56. The van der Waals surface area contributed by atoms with Gasteiger partial charge >= 0.3 is 12.1 Å². The van der Waals surface area contributed by atoms with E-state index in [4.69, 9.17) is 5.11 Å². The summed E-state index contributed by atoms with van der Waals surface area (Å²) < 4.78 is 36.1. The van der Waals surface area contributed by atoms with Crippen LogP contribution in [0.2, 0.25) is 0 Å². The molecule has 1 N–H and O–H groups in total. The summed E-state index contributed by atoms with van der Waals surface area (Å²) in [5.41, 5.74) is 0. The number of aliphatic carboxylic acids is 1. The second-order valence-electron chi connectivity index (χ2n) is 2.74. The zero-order valence-electron chi connectivity index (χ0n) is 6.85. The normalized spacial score (nSPS) is 17.1. The number of carboxylic acids is 1. The number of carbonyl (C=O) groups is 1. The smallest absolute Gasteiger partial charge is 0.402 e. The molecule has 0 aliphatic rings. The van der Waals surface area contributed by atoms with Gasteiger partial charge in [-0.25, -0.2) is 0 Å². The molecule has 0 aromatic carbocycles. The standard InChI is InChI=1S/C7H11F3O2/c1-3-4(2)5(6(11)12)7(8,9)10/h4-5H,3H2,1-2H3,(H,11,12). The van der Waals surface area contributed by atoms with Gasteiger partial charge in [0, 0.05) is 0 Å². The van der Waals surface area contributed by atoms with Crippen LogP contribution in [0.5, 0.6) is 0 Å². The predicted octanol–water partition coefficient (Wildman–Crippen LogP) is 2.30. The summed E-state index contributed by atoms with van der Waals surface area (Å²) >= 11 is 0. The van der Waals surface area contributed by atoms with Crippen molar-refractivity contribution in [1.29, 1.82) is 0 Å². The first kappa shape index (κ1) is 11.3. The predicted molar refractivity (Wildman–Crippen MR) is 36.6 cm³/mol. The monoisotopic (exact) mass is 184 g/mol. The lowest BCUT2D eigenvalue weighted by Crippen LogP contribution is -2.35. The molecule has 2 unspecified atom stereocenters. The van der Waals surface area contributed by atoms with Gasteiger partial charge in [-0.3, -0.25) is 4.79 Å². The Bertz CT molecular complexity index is 165. The Hall–Kier alpha value is -0.740. The summed E-state index contributed by atoms with van der Waals surface area (Å²) in [4.78, 5) is 10.2. The molecule has 12 heavy (non-hydrogen) atoms.